The monoisotopic (exact) mass is 219 g/mol. The van der Waals surface area contributed by atoms with Gasteiger partial charge in [-0.05, 0) is 44.2 Å². The van der Waals surface area contributed by atoms with Crippen molar-refractivity contribution in [2.75, 3.05) is 6.61 Å². The maximum atomic E-state index is 6.42. The molecule has 0 unspecified atom stereocenters. The fourth-order valence-corrected chi connectivity index (χ4v) is 2.40. The Morgan fingerprint density at radius 2 is 1.81 bits per heavy atom. The van der Waals surface area contributed by atoms with Crippen molar-refractivity contribution in [1.82, 2.24) is 0 Å². The maximum Gasteiger partial charge on any atom is 0.0518 e. The molecule has 0 amide bonds. The second kappa shape index (κ2) is 4.56. The van der Waals surface area contributed by atoms with Gasteiger partial charge in [-0.1, -0.05) is 24.3 Å². The zero-order chi connectivity index (χ0) is 11.6. The molecule has 1 aromatic rings. The Morgan fingerprint density at radius 3 is 2.31 bits per heavy atom. The molecular formula is C14H21NO. The average Bonchev–Trinajstić information content (AvgIpc) is 2.53. The van der Waals surface area contributed by atoms with Gasteiger partial charge in [-0.15, -0.1) is 0 Å². The van der Waals surface area contributed by atoms with Crippen LogP contribution in [0.25, 0.3) is 0 Å². The standard InChI is InChI=1S/C14H21NO/c1-11(2)16-8-7-14(15)9-12-5-3-4-6-13(12)10-14/h3-6,11H,7-10,15H2,1-2H3. The van der Waals surface area contributed by atoms with Crippen LogP contribution in [0.1, 0.15) is 31.4 Å². The summed E-state index contributed by atoms with van der Waals surface area (Å²) in [5, 5.41) is 0. The van der Waals surface area contributed by atoms with Crippen molar-refractivity contribution in [3.63, 3.8) is 0 Å². The quantitative estimate of drug-likeness (QED) is 0.843. The first kappa shape index (κ1) is 11.6. The van der Waals surface area contributed by atoms with Gasteiger partial charge in [0, 0.05) is 12.1 Å². The van der Waals surface area contributed by atoms with Gasteiger partial charge in [0.1, 0.15) is 0 Å². The molecule has 0 bridgehead atoms. The molecule has 0 heterocycles. The highest BCUT2D eigenvalue weighted by molar-refractivity contribution is 5.35. The molecule has 0 atom stereocenters. The summed E-state index contributed by atoms with van der Waals surface area (Å²) in [4.78, 5) is 0. The van der Waals surface area contributed by atoms with Crippen LogP contribution in [-0.2, 0) is 17.6 Å². The van der Waals surface area contributed by atoms with E-state index in [1.54, 1.807) is 0 Å². The van der Waals surface area contributed by atoms with Crippen LogP contribution in [0, 0.1) is 0 Å². The SMILES string of the molecule is CC(C)OCCC1(N)Cc2ccccc2C1. The molecule has 2 nitrogen and oxygen atoms in total. The Morgan fingerprint density at radius 1 is 1.25 bits per heavy atom. The fourth-order valence-electron chi connectivity index (χ4n) is 2.40. The van der Waals surface area contributed by atoms with Gasteiger partial charge in [-0.25, -0.2) is 0 Å². The van der Waals surface area contributed by atoms with Gasteiger partial charge < -0.3 is 10.5 Å². The molecule has 0 saturated carbocycles. The average molecular weight is 219 g/mol. The van der Waals surface area contributed by atoms with E-state index in [1.807, 2.05) is 0 Å². The smallest absolute Gasteiger partial charge is 0.0518 e. The van der Waals surface area contributed by atoms with E-state index in [9.17, 15) is 0 Å². The summed E-state index contributed by atoms with van der Waals surface area (Å²) in [5.41, 5.74) is 9.15. The van der Waals surface area contributed by atoms with Gasteiger partial charge in [0.05, 0.1) is 6.10 Å². The number of fused-ring (bicyclic) bond motifs is 1. The molecule has 0 aliphatic heterocycles. The third kappa shape index (κ3) is 2.63. The third-order valence-corrected chi connectivity index (χ3v) is 3.25. The van der Waals surface area contributed by atoms with Crippen molar-refractivity contribution in [3.8, 4) is 0 Å². The second-order valence-electron chi connectivity index (χ2n) is 5.15. The number of ether oxygens (including phenoxy) is 1. The van der Waals surface area contributed by atoms with Crippen molar-refractivity contribution < 1.29 is 4.74 Å². The van der Waals surface area contributed by atoms with Crippen LogP contribution >= 0.6 is 0 Å². The molecule has 0 saturated heterocycles. The Kier molecular flexibility index (Phi) is 3.31. The summed E-state index contributed by atoms with van der Waals surface area (Å²) in [6.45, 7) is 4.89. The lowest BCUT2D eigenvalue weighted by atomic mass is 9.93. The molecule has 0 fully saturated rings. The molecule has 1 aliphatic rings. The summed E-state index contributed by atoms with van der Waals surface area (Å²) < 4.78 is 5.59. The van der Waals surface area contributed by atoms with Crippen molar-refractivity contribution in [1.29, 1.82) is 0 Å². The topological polar surface area (TPSA) is 35.2 Å². The molecule has 88 valence electrons. The minimum absolute atomic E-state index is 0.0847. The highest BCUT2D eigenvalue weighted by atomic mass is 16.5. The first-order chi connectivity index (χ1) is 7.59. The minimum Gasteiger partial charge on any atom is -0.379 e. The Balaban J connectivity index is 1.93. The first-order valence-electron chi connectivity index (χ1n) is 6.06. The van der Waals surface area contributed by atoms with Crippen molar-refractivity contribution in [2.24, 2.45) is 5.73 Å². The van der Waals surface area contributed by atoms with Crippen molar-refractivity contribution in [3.05, 3.63) is 35.4 Å². The fraction of sp³-hybridized carbons (Fsp3) is 0.571. The maximum absolute atomic E-state index is 6.42. The highest BCUT2D eigenvalue weighted by Crippen LogP contribution is 2.30. The number of hydrogen-bond acceptors (Lipinski definition) is 2. The van der Waals surface area contributed by atoms with E-state index >= 15 is 0 Å². The van der Waals surface area contributed by atoms with E-state index in [0.717, 1.165) is 25.9 Å². The lowest BCUT2D eigenvalue weighted by Crippen LogP contribution is -2.42. The number of hydrogen-bond donors (Lipinski definition) is 1. The van der Waals surface area contributed by atoms with Gasteiger partial charge in [0.15, 0.2) is 0 Å². The predicted octanol–water partition coefficient (Wildman–Crippen LogP) is 2.30. The van der Waals surface area contributed by atoms with Crippen LogP contribution in [0.4, 0.5) is 0 Å². The van der Waals surface area contributed by atoms with E-state index in [-0.39, 0.29) is 5.54 Å². The van der Waals surface area contributed by atoms with Gasteiger partial charge >= 0.3 is 0 Å². The molecule has 1 aromatic carbocycles. The molecule has 0 spiro atoms. The van der Waals surface area contributed by atoms with Crippen LogP contribution < -0.4 is 5.73 Å². The predicted molar refractivity (Wildman–Crippen MR) is 66.5 cm³/mol. The van der Waals surface area contributed by atoms with E-state index in [0.29, 0.717) is 6.10 Å². The zero-order valence-electron chi connectivity index (χ0n) is 10.2. The number of benzene rings is 1. The molecule has 1 aliphatic carbocycles. The zero-order valence-corrected chi connectivity index (χ0v) is 10.2. The Labute approximate surface area is 97.8 Å². The first-order valence-corrected chi connectivity index (χ1v) is 6.06. The Hall–Kier alpha value is -0.860. The molecule has 0 aromatic heterocycles. The molecule has 2 rings (SSSR count). The van der Waals surface area contributed by atoms with Crippen molar-refractivity contribution >= 4 is 0 Å². The molecular weight excluding hydrogens is 198 g/mol. The minimum atomic E-state index is -0.0847. The van der Waals surface area contributed by atoms with Crippen molar-refractivity contribution in [2.45, 2.75) is 44.8 Å². The van der Waals surface area contributed by atoms with E-state index in [4.69, 9.17) is 10.5 Å². The van der Waals surface area contributed by atoms with Gasteiger partial charge in [-0.3, -0.25) is 0 Å². The van der Waals surface area contributed by atoms with E-state index in [2.05, 4.69) is 38.1 Å². The lowest BCUT2D eigenvalue weighted by molar-refractivity contribution is 0.0655. The summed E-state index contributed by atoms with van der Waals surface area (Å²) in [6.07, 6.45) is 3.22. The highest BCUT2D eigenvalue weighted by Gasteiger charge is 2.32. The van der Waals surface area contributed by atoms with Crippen LogP contribution in [0.2, 0.25) is 0 Å². The Bertz CT molecular complexity index is 335. The van der Waals surface area contributed by atoms with Crippen LogP contribution in [0.3, 0.4) is 0 Å². The van der Waals surface area contributed by atoms with Crippen LogP contribution in [0.15, 0.2) is 24.3 Å². The normalized spacial score (nSPS) is 17.8. The summed E-state index contributed by atoms with van der Waals surface area (Å²) >= 11 is 0. The summed E-state index contributed by atoms with van der Waals surface area (Å²) in [6, 6.07) is 8.56. The van der Waals surface area contributed by atoms with E-state index in [1.165, 1.54) is 11.1 Å². The molecule has 2 heteroatoms. The van der Waals surface area contributed by atoms with E-state index < -0.39 is 0 Å². The third-order valence-electron chi connectivity index (χ3n) is 3.25. The molecule has 16 heavy (non-hydrogen) atoms. The van der Waals surface area contributed by atoms with Gasteiger partial charge in [-0.2, -0.15) is 0 Å². The van der Waals surface area contributed by atoms with Gasteiger partial charge in [0.25, 0.3) is 0 Å². The number of rotatable bonds is 4. The summed E-state index contributed by atoms with van der Waals surface area (Å²) in [5.74, 6) is 0. The van der Waals surface area contributed by atoms with Gasteiger partial charge in [0.2, 0.25) is 0 Å². The summed E-state index contributed by atoms with van der Waals surface area (Å²) in [7, 11) is 0. The van der Waals surface area contributed by atoms with Crippen LogP contribution in [0.5, 0.6) is 0 Å². The van der Waals surface area contributed by atoms with Crippen LogP contribution in [-0.4, -0.2) is 18.2 Å². The second-order valence-corrected chi connectivity index (χ2v) is 5.15. The molecule has 2 N–H and O–H groups in total. The molecule has 0 radical (unpaired) electrons. The largest absolute Gasteiger partial charge is 0.379 e. The number of nitrogens with two attached hydrogens (primary N) is 1. The lowest BCUT2D eigenvalue weighted by Gasteiger charge is -2.24.